The summed E-state index contributed by atoms with van der Waals surface area (Å²) in [5.74, 6) is 0.948. The van der Waals surface area contributed by atoms with Gasteiger partial charge in [0, 0.05) is 12.1 Å². The quantitative estimate of drug-likeness (QED) is 0.274. The van der Waals surface area contributed by atoms with Crippen LogP contribution in [0, 0.1) is 0 Å². The molecule has 3 nitrogen and oxygen atoms in total. The van der Waals surface area contributed by atoms with Crippen LogP contribution in [0.3, 0.4) is 0 Å². The second-order valence-electron chi connectivity index (χ2n) is 7.64. The number of para-hydroxylation sites is 2. The van der Waals surface area contributed by atoms with Gasteiger partial charge >= 0.3 is 0 Å². The van der Waals surface area contributed by atoms with Crippen molar-refractivity contribution in [3.63, 3.8) is 0 Å². The highest BCUT2D eigenvalue weighted by Gasteiger charge is 2.05. The Labute approximate surface area is 185 Å². The maximum absolute atomic E-state index is 6.15. The van der Waals surface area contributed by atoms with Crippen molar-refractivity contribution in [1.82, 2.24) is 9.88 Å². The van der Waals surface area contributed by atoms with E-state index in [2.05, 4.69) is 72.3 Å². The smallest absolute Gasteiger partial charge is 0.126 e. The minimum atomic E-state index is 0.751. The fourth-order valence-corrected chi connectivity index (χ4v) is 4.31. The molecule has 0 aliphatic heterocycles. The molecule has 1 aromatic heterocycles. The Morgan fingerprint density at radius 2 is 1.57 bits per heavy atom. The van der Waals surface area contributed by atoms with Crippen molar-refractivity contribution in [2.24, 2.45) is 0 Å². The Hall–Kier alpha value is -2.17. The first-order chi connectivity index (χ1) is 14.8. The van der Waals surface area contributed by atoms with Crippen LogP contribution < -0.4 is 4.74 Å². The zero-order valence-corrected chi connectivity index (χ0v) is 19.2. The van der Waals surface area contributed by atoms with Crippen molar-refractivity contribution in [3.8, 4) is 5.75 Å². The van der Waals surface area contributed by atoms with Crippen molar-refractivity contribution in [3.05, 3.63) is 59.1 Å². The average molecular weight is 423 g/mol. The zero-order chi connectivity index (χ0) is 21.0. The van der Waals surface area contributed by atoms with E-state index in [0.717, 1.165) is 41.4 Å². The zero-order valence-electron chi connectivity index (χ0n) is 18.3. The van der Waals surface area contributed by atoms with Gasteiger partial charge in [0.1, 0.15) is 10.8 Å². The number of benzene rings is 2. The molecule has 0 unspecified atom stereocenters. The van der Waals surface area contributed by atoms with Crippen molar-refractivity contribution in [2.45, 2.75) is 46.0 Å². The molecule has 0 aliphatic carbocycles. The van der Waals surface area contributed by atoms with Gasteiger partial charge in [0.15, 0.2) is 0 Å². The molecule has 4 heteroatoms. The molecule has 0 amide bonds. The van der Waals surface area contributed by atoms with Crippen LogP contribution in [0.15, 0.2) is 48.5 Å². The number of aromatic nitrogens is 1. The van der Waals surface area contributed by atoms with E-state index in [1.165, 1.54) is 43.5 Å². The topological polar surface area (TPSA) is 25.4 Å². The molecule has 2 aromatic carbocycles. The molecule has 160 valence electrons. The Morgan fingerprint density at radius 1 is 0.867 bits per heavy atom. The number of fused-ring (bicyclic) bond motifs is 1. The van der Waals surface area contributed by atoms with Crippen LogP contribution in [0.1, 0.15) is 56.5 Å². The molecular formula is C26H34N2OS. The Bertz CT molecular complexity index is 877. The first kappa shape index (κ1) is 22.5. The Morgan fingerprint density at radius 3 is 2.33 bits per heavy atom. The fraction of sp³-hybridized carbons (Fsp3) is 0.423. The molecular weight excluding hydrogens is 388 g/mol. The molecule has 0 atom stereocenters. The number of hydrogen-bond donors (Lipinski definition) is 0. The lowest BCUT2D eigenvalue weighted by atomic mass is 10.2. The second kappa shape index (κ2) is 12.5. The van der Waals surface area contributed by atoms with Crippen LogP contribution in [-0.2, 0) is 0 Å². The first-order valence-electron chi connectivity index (χ1n) is 11.3. The van der Waals surface area contributed by atoms with E-state index in [1.54, 1.807) is 11.3 Å². The van der Waals surface area contributed by atoms with Gasteiger partial charge in [-0.3, -0.25) is 0 Å². The standard InChI is InChI=1S/C26H34N2OS/c1-3-5-18-28(19-6-4-2)20-11-21-29-24-14-9-7-12-22(24)16-17-26-27-23-13-8-10-15-25(23)30-26/h7-10,12-17H,3-6,11,18-21H2,1-2H3/b17-16+. The molecule has 0 radical (unpaired) electrons. The van der Waals surface area contributed by atoms with Crippen LogP contribution in [-0.4, -0.2) is 36.1 Å². The third-order valence-corrected chi connectivity index (χ3v) is 6.17. The normalized spacial score (nSPS) is 11.7. The van der Waals surface area contributed by atoms with E-state index < -0.39 is 0 Å². The molecule has 0 spiro atoms. The number of unbranched alkanes of at least 4 members (excludes halogenated alkanes) is 2. The summed E-state index contributed by atoms with van der Waals surface area (Å²) in [5, 5.41) is 1.02. The van der Waals surface area contributed by atoms with E-state index >= 15 is 0 Å². The highest BCUT2D eigenvalue weighted by Crippen LogP contribution is 2.25. The molecule has 0 saturated heterocycles. The maximum atomic E-state index is 6.15. The molecule has 3 aromatic rings. The number of nitrogens with zero attached hydrogens (tertiary/aromatic N) is 2. The molecule has 0 fully saturated rings. The highest BCUT2D eigenvalue weighted by molar-refractivity contribution is 7.19. The average Bonchev–Trinajstić information content (AvgIpc) is 3.20. The predicted octanol–water partition coefficient (Wildman–Crippen LogP) is 7.14. The third-order valence-electron chi connectivity index (χ3n) is 5.17. The van der Waals surface area contributed by atoms with Crippen molar-refractivity contribution in [1.29, 1.82) is 0 Å². The summed E-state index contributed by atoms with van der Waals surface area (Å²) in [4.78, 5) is 7.28. The summed E-state index contributed by atoms with van der Waals surface area (Å²) in [7, 11) is 0. The van der Waals surface area contributed by atoms with E-state index in [4.69, 9.17) is 4.74 Å². The number of rotatable bonds is 13. The van der Waals surface area contributed by atoms with Crippen molar-refractivity contribution < 1.29 is 4.74 Å². The third kappa shape index (κ3) is 6.96. The number of ether oxygens (including phenoxy) is 1. The molecule has 3 rings (SSSR count). The van der Waals surface area contributed by atoms with Crippen LogP contribution >= 0.6 is 11.3 Å². The van der Waals surface area contributed by atoms with E-state index in [9.17, 15) is 0 Å². The van der Waals surface area contributed by atoms with E-state index in [0.29, 0.717) is 0 Å². The SMILES string of the molecule is CCCCN(CCCC)CCCOc1ccccc1/C=C/c1nc2ccccc2s1. The van der Waals surface area contributed by atoms with Gasteiger partial charge in [-0.15, -0.1) is 11.3 Å². The molecule has 0 aliphatic rings. The van der Waals surface area contributed by atoms with E-state index in [-0.39, 0.29) is 0 Å². The van der Waals surface area contributed by atoms with Crippen LogP contribution in [0.25, 0.3) is 22.4 Å². The molecule has 0 saturated carbocycles. The van der Waals surface area contributed by atoms with Gasteiger partial charge in [-0.05, 0) is 62.7 Å². The maximum Gasteiger partial charge on any atom is 0.126 e. The largest absolute Gasteiger partial charge is 0.493 e. The van der Waals surface area contributed by atoms with Gasteiger partial charge in [0.25, 0.3) is 0 Å². The molecule has 1 heterocycles. The number of thiazole rings is 1. The Balaban J connectivity index is 1.54. The predicted molar refractivity (Wildman–Crippen MR) is 131 cm³/mol. The lowest BCUT2D eigenvalue weighted by Gasteiger charge is -2.22. The summed E-state index contributed by atoms with van der Waals surface area (Å²) in [6, 6.07) is 16.5. The fourth-order valence-electron chi connectivity index (χ4n) is 3.44. The van der Waals surface area contributed by atoms with Gasteiger partial charge in [0.2, 0.25) is 0 Å². The number of hydrogen-bond acceptors (Lipinski definition) is 4. The van der Waals surface area contributed by atoms with Gasteiger partial charge in [0.05, 0.1) is 16.8 Å². The minimum absolute atomic E-state index is 0.751. The second-order valence-corrected chi connectivity index (χ2v) is 8.70. The Kier molecular flexibility index (Phi) is 9.39. The lowest BCUT2D eigenvalue weighted by molar-refractivity contribution is 0.229. The summed E-state index contributed by atoms with van der Waals surface area (Å²) >= 11 is 1.72. The molecule has 0 N–H and O–H groups in total. The van der Waals surface area contributed by atoms with Crippen LogP contribution in [0.2, 0.25) is 0 Å². The summed E-state index contributed by atoms with van der Waals surface area (Å²) in [6.45, 7) is 8.81. The van der Waals surface area contributed by atoms with Crippen molar-refractivity contribution in [2.75, 3.05) is 26.2 Å². The van der Waals surface area contributed by atoms with Gasteiger partial charge in [-0.2, -0.15) is 0 Å². The van der Waals surface area contributed by atoms with Crippen LogP contribution in [0.5, 0.6) is 5.75 Å². The molecule has 30 heavy (non-hydrogen) atoms. The van der Waals surface area contributed by atoms with Gasteiger partial charge < -0.3 is 9.64 Å². The lowest BCUT2D eigenvalue weighted by Crippen LogP contribution is -2.28. The first-order valence-corrected chi connectivity index (χ1v) is 12.1. The highest BCUT2D eigenvalue weighted by atomic mass is 32.1. The van der Waals surface area contributed by atoms with Gasteiger partial charge in [-0.1, -0.05) is 57.0 Å². The summed E-state index contributed by atoms with van der Waals surface area (Å²) in [5.41, 5.74) is 2.16. The van der Waals surface area contributed by atoms with E-state index in [1.807, 2.05) is 12.1 Å². The van der Waals surface area contributed by atoms with Gasteiger partial charge in [-0.25, -0.2) is 4.98 Å². The summed E-state index contributed by atoms with van der Waals surface area (Å²) < 4.78 is 7.37. The van der Waals surface area contributed by atoms with Crippen molar-refractivity contribution >= 4 is 33.7 Å². The monoisotopic (exact) mass is 422 g/mol. The van der Waals surface area contributed by atoms with Crippen LogP contribution in [0.4, 0.5) is 0 Å². The minimum Gasteiger partial charge on any atom is -0.493 e. The summed E-state index contributed by atoms with van der Waals surface area (Å²) in [6.07, 6.45) is 10.3. The molecule has 0 bridgehead atoms.